The van der Waals surface area contributed by atoms with Crippen LogP contribution in [0.25, 0.3) is 0 Å². The van der Waals surface area contributed by atoms with Crippen molar-refractivity contribution in [3.63, 3.8) is 0 Å². The smallest absolute Gasteiger partial charge is 0.124 e. The number of methoxy groups -OCH3 is 1. The van der Waals surface area contributed by atoms with Crippen LogP contribution in [0.2, 0.25) is 0 Å². The first-order chi connectivity index (χ1) is 9.46. The zero-order chi connectivity index (χ0) is 14.8. The average molecular weight is 274 g/mol. The maximum atomic E-state index is 13.0. The van der Waals surface area contributed by atoms with Crippen LogP contribution in [0, 0.1) is 5.82 Å². The van der Waals surface area contributed by atoms with Crippen LogP contribution < -0.4 is 4.74 Å². The molecule has 0 aliphatic heterocycles. The lowest BCUT2D eigenvalue weighted by atomic mass is 9.76. The highest BCUT2D eigenvalue weighted by Gasteiger charge is 2.32. The van der Waals surface area contributed by atoms with E-state index >= 15 is 0 Å². The van der Waals surface area contributed by atoms with Crippen LogP contribution >= 0.6 is 0 Å². The summed E-state index contributed by atoms with van der Waals surface area (Å²) >= 11 is 0. The predicted molar refractivity (Wildman–Crippen MR) is 77.4 cm³/mol. The molecule has 0 amide bonds. The molecule has 0 bridgehead atoms. The van der Waals surface area contributed by atoms with Crippen molar-refractivity contribution in [2.24, 2.45) is 0 Å². The SMILES string of the molecule is COc1ccccc1C(O)C(C)(C)c1ccc(F)cc1. The lowest BCUT2D eigenvalue weighted by Gasteiger charge is -2.32. The quantitative estimate of drug-likeness (QED) is 0.917. The van der Waals surface area contributed by atoms with Crippen molar-refractivity contribution in [1.29, 1.82) is 0 Å². The summed E-state index contributed by atoms with van der Waals surface area (Å²) < 4.78 is 18.3. The van der Waals surface area contributed by atoms with E-state index in [0.717, 1.165) is 11.1 Å². The van der Waals surface area contributed by atoms with Gasteiger partial charge in [-0.25, -0.2) is 4.39 Å². The molecule has 0 aromatic heterocycles. The fraction of sp³-hybridized carbons (Fsp3) is 0.294. The van der Waals surface area contributed by atoms with E-state index in [4.69, 9.17) is 4.74 Å². The lowest BCUT2D eigenvalue weighted by Crippen LogP contribution is -2.27. The fourth-order valence-corrected chi connectivity index (χ4v) is 2.32. The summed E-state index contributed by atoms with van der Waals surface area (Å²) in [6.07, 6.45) is -0.746. The van der Waals surface area contributed by atoms with Crippen molar-refractivity contribution in [3.8, 4) is 5.75 Å². The second kappa shape index (κ2) is 5.63. The minimum atomic E-state index is -0.746. The van der Waals surface area contributed by atoms with E-state index in [1.807, 2.05) is 38.1 Å². The summed E-state index contributed by atoms with van der Waals surface area (Å²) in [5.41, 5.74) is 1.05. The average Bonchev–Trinajstić information content (AvgIpc) is 2.46. The third kappa shape index (κ3) is 2.68. The normalized spacial score (nSPS) is 13.1. The molecule has 0 saturated carbocycles. The minimum absolute atomic E-state index is 0.281. The molecule has 3 heteroatoms. The number of ether oxygens (including phenoxy) is 1. The standard InChI is InChI=1S/C17H19FO2/c1-17(2,12-8-10-13(18)11-9-12)16(19)14-6-4-5-7-15(14)20-3/h4-11,16,19H,1-3H3. The number of aliphatic hydroxyl groups excluding tert-OH is 1. The summed E-state index contributed by atoms with van der Waals surface area (Å²) in [7, 11) is 1.58. The third-order valence-corrected chi connectivity index (χ3v) is 3.71. The molecule has 0 heterocycles. The Kier molecular flexibility index (Phi) is 4.09. The molecule has 0 spiro atoms. The summed E-state index contributed by atoms with van der Waals surface area (Å²) in [6, 6.07) is 13.6. The number of para-hydroxylation sites is 1. The second-order valence-electron chi connectivity index (χ2n) is 5.37. The monoisotopic (exact) mass is 274 g/mol. The largest absolute Gasteiger partial charge is 0.496 e. The fourth-order valence-electron chi connectivity index (χ4n) is 2.32. The van der Waals surface area contributed by atoms with Crippen molar-refractivity contribution in [1.82, 2.24) is 0 Å². The van der Waals surface area contributed by atoms with Crippen LogP contribution in [0.4, 0.5) is 4.39 Å². The van der Waals surface area contributed by atoms with E-state index in [9.17, 15) is 9.50 Å². The number of rotatable bonds is 4. The molecule has 0 fully saturated rings. The molecule has 0 saturated heterocycles. The van der Waals surface area contributed by atoms with Gasteiger partial charge >= 0.3 is 0 Å². The molecule has 2 rings (SSSR count). The second-order valence-corrected chi connectivity index (χ2v) is 5.37. The molecule has 1 N–H and O–H groups in total. The summed E-state index contributed by atoms with van der Waals surface area (Å²) in [5, 5.41) is 10.7. The molecular formula is C17H19FO2. The van der Waals surface area contributed by atoms with Crippen LogP contribution in [0.5, 0.6) is 5.75 Å². The van der Waals surface area contributed by atoms with Crippen molar-refractivity contribution < 1.29 is 14.2 Å². The Labute approximate surface area is 118 Å². The Morgan fingerprint density at radius 2 is 1.65 bits per heavy atom. The Bertz CT molecular complexity index is 576. The Morgan fingerprint density at radius 3 is 2.25 bits per heavy atom. The van der Waals surface area contributed by atoms with Gasteiger partial charge in [0.2, 0.25) is 0 Å². The first-order valence-corrected chi connectivity index (χ1v) is 6.54. The molecule has 1 unspecified atom stereocenters. The van der Waals surface area contributed by atoms with Crippen LogP contribution in [-0.2, 0) is 5.41 Å². The topological polar surface area (TPSA) is 29.5 Å². The summed E-state index contributed by atoms with van der Waals surface area (Å²) in [4.78, 5) is 0. The van der Waals surface area contributed by atoms with Crippen LogP contribution in [0.1, 0.15) is 31.1 Å². The van der Waals surface area contributed by atoms with Gasteiger partial charge in [-0.2, -0.15) is 0 Å². The molecule has 0 radical (unpaired) electrons. The van der Waals surface area contributed by atoms with E-state index in [1.165, 1.54) is 12.1 Å². The molecule has 106 valence electrons. The Balaban J connectivity index is 2.40. The third-order valence-electron chi connectivity index (χ3n) is 3.71. The number of hydrogen-bond donors (Lipinski definition) is 1. The van der Waals surface area contributed by atoms with Gasteiger partial charge in [0, 0.05) is 11.0 Å². The van der Waals surface area contributed by atoms with E-state index in [-0.39, 0.29) is 5.82 Å². The van der Waals surface area contributed by atoms with Gasteiger partial charge in [0.15, 0.2) is 0 Å². The molecule has 0 aliphatic carbocycles. The highest BCUT2D eigenvalue weighted by atomic mass is 19.1. The molecule has 2 aromatic rings. The highest BCUT2D eigenvalue weighted by molar-refractivity contribution is 5.39. The first-order valence-electron chi connectivity index (χ1n) is 6.54. The van der Waals surface area contributed by atoms with Crippen molar-refractivity contribution in [2.45, 2.75) is 25.4 Å². The molecule has 1 atom stereocenters. The lowest BCUT2D eigenvalue weighted by molar-refractivity contribution is 0.0974. The van der Waals surface area contributed by atoms with Gasteiger partial charge in [0.1, 0.15) is 11.6 Å². The number of hydrogen-bond acceptors (Lipinski definition) is 2. The van der Waals surface area contributed by atoms with Crippen molar-refractivity contribution >= 4 is 0 Å². The zero-order valence-electron chi connectivity index (χ0n) is 11.9. The van der Waals surface area contributed by atoms with Gasteiger partial charge in [-0.05, 0) is 23.8 Å². The Morgan fingerprint density at radius 1 is 1.05 bits per heavy atom. The molecule has 0 aliphatic rings. The maximum absolute atomic E-state index is 13.0. The number of benzene rings is 2. The molecule has 20 heavy (non-hydrogen) atoms. The first kappa shape index (κ1) is 14.5. The predicted octanol–water partition coefficient (Wildman–Crippen LogP) is 3.85. The van der Waals surface area contributed by atoms with E-state index in [2.05, 4.69) is 0 Å². The molecular weight excluding hydrogens is 255 g/mol. The molecule has 2 nitrogen and oxygen atoms in total. The van der Waals surface area contributed by atoms with Gasteiger partial charge in [0.05, 0.1) is 13.2 Å². The molecule has 2 aromatic carbocycles. The van der Waals surface area contributed by atoms with Crippen LogP contribution in [0.15, 0.2) is 48.5 Å². The Hall–Kier alpha value is -1.87. The van der Waals surface area contributed by atoms with Gasteiger partial charge in [0.25, 0.3) is 0 Å². The maximum Gasteiger partial charge on any atom is 0.124 e. The van der Waals surface area contributed by atoms with Crippen molar-refractivity contribution in [2.75, 3.05) is 7.11 Å². The number of halogens is 1. The van der Waals surface area contributed by atoms with Crippen LogP contribution in [-0.4, -0.2) is 12.2 Å². The van der Waals surface area contributed by atoms with E-state index in [0.29, 0.717) is 5.75 Å². The van der Waals surface area contributed by atoms with Gasteiger partial charge in [-0.1, -0.05) is 44.2 Å². The van der Waals surface area contributed by atoms with Gasteiger partial charge < -0.3 is 9.84 Å². The van der Waals surface area contributed by atoms with E-state index in [1.54, 1.807) is 19.2 Å². The van der Waals surface area contributed by atoms with Crippen LogP contribution in [0.3, 0.4) is 0 Å². The zero-order valence-corrected chi connectivity index (χ0v) is 11.9. The van der Waals surface area contributed by atoms with Gasteiger partial charge in [-0.3, -0.25) is 0 Å². The van der Waals surface area contributed by atoms with Gasteiger partial charge in [-0.15, -0.1) is 0 Å². The highest BCUT2D eigenvalue weighted by Crippen LogP contribution is 2.40. The summed E-state index contributed by atoms with van der Waals surface area (Å²) in [5.74, 6) is 0.367. The number of aliphatic hydroxyl groups is 1. The van der Waals surface area contributed by atoms with E-state index < -0.39 is 11.5 Å². The minimum Gasteiger partial charge on any atom is -0.496 e. The van der Waals surface area contributed by atoms with Crippen molar-refractivity contribution in [3.05, 3.63) is 65.5 Å². The summed E-state index contributed by atoms with van der Waals surface area (Å²) in [6.45, 7) is 3.86.